The molecule has 3 N–H and O–H groups in total. The predicted molar refractivity (Wildman–Crippen MR) is 144 cm³/mol. The van der Waals surface area contributed by atoms with Gasteiger partial charge < -0.3 is 20.0 Å². The molecule has 0 saturated heterocycles. The van der Waals surface area contributed by atoms with Crippen molar-refractivity contribution in [3.8, 4) is 17.0 Å². The van der Waals surface area contributed by atoms with E-state index in [0.717, 1.165) is 28.0 Å². The summed E-state index contributed by atoms with van der Waals surface area (Å²) in [6.07, 6.45) is 4.33. The van der Waals surface area contributed by atoms with E-state index in [1.165, 1.54) is 0 Å². The predicted octanol–water partition coefficient (Wildman–Crippen LogP) is 5.89. The van der Waals surface area contributed by atoms with Crippen LogP contribution in [0.2, 0.25) is 5.02 Å². The number of halogens is 1. The number of rotatable bonds is 10. The minimum Gasteiger partial charge on any atom is -0.489 e. The zero-order valence-corrected chi connectivity index (χ0v) is 21.6. The molecule has 2 aromatic carbocycles. The third-order valence-corrected chi connectivity index (χ3v) is 6.46. The molecule has 0 aliphatic rings. The lowest BCUT2D eigenvalue weighted by molar-refractivity contribution is 0.0962. The van der Waals surface area contributed by atoms with Crippen molar-refractivity contribution in [2.45, 2.75) is 45.8 Å². The molecule has 0 aliphatic heterocycles. The van der Waals surface area contributed by atoms with Gasteiger partial charge in [-0.25, -0.2) is 4.98 Å². The average Bonchev–Trinajstić information content (AvgIpc) is 3.29. The molecule has 2 heterocycles. The normalized spacial score (nSPS) is 13.2. The van der Waals surface area contributed by atoms with E-state index < -0.39 is 6.10 Å². The maximum absolute atomic E-state index is 12.9. The van der Waals surface area contributed by atoms with Crippen LogP contribution in [-0.4, -0.2) is 32.9 Å². The highest BCUT2D eigenvalue weighted by Gasteiger charge is 2.17. The molecule has 0 amide bonds. The molecule has 7 heteroatoms. The fourth-order valence-electron chi connectivity index (χ4n) is 4.29. The van der Waals surface area contributed by atoms with Crippen LogP contribution in [0.1, 0.15) is 54.8 Å². The molecule has 4 aromatic rings. The van der Waals surface area contributed by atoms with Gasteiger partial charge >= 0.3 is 0 Å². The minimum atomic E-state index is -0.593. The number of nitrogens with two attached hydrogens (primary N) is 1. The maximum atomic E-state index is 12.9. The Kier molecular flexibility index (Phi) is 8.09. The number of Topliss-reactive ketones (excluding diaryl/α,β-unsaturated/α-hetero) is 1. The van der Waals surface area contributed by atoms with Crippen LogP contribution in [0.4, 0.5) is 0 Å². The lowest BCUT2D eigenvalue weighted by atomic mass is 9.91. The summed E-state index contributed by atoms with van der Waals surface area (Å²) in [6.45, 7) is 6.00. The van der Waals surface area contributed by atoms with Gasteiger partial charge in [0.1, 0.15) is 11.4 Å². The maximum Gasteiger partial charge on any atom is 0.163 e. The van der Waals surface area contributed by atoms with Gasteiger partial charge in [0, 0.05) is 35.5 Å². The number of ketones is 1. The number of ether oxygens (including phenoxy) is 1. The molecular formula is C29H32ClN3O3. The molecule has 36 heavy (non-hydrogen) atoms. The van der Waals surface area contributed by atoms with Gasteiger partial charge in [-0.1, -0.05) is 41.9 Å². The quantitative estimate of drug-likeness (QED) is 0.262. The van der Waals surface area contributed by atoms with Crippen molar-refractivity contribution in [2.75, 3.05) is 6.54 Å². The Morgan fingerprint density at radius 3 is 2.53 bits per heavy atom. The summed E-state index contributed by atoms with van der Waals surface area (Å²) in [5, 5.41) is 10.5. The number of hydrogen-bond donors (Lipinski definition) is 2. The van der Waals surface area contributed by atoms with Crippen LogP contribution in [0.5, 0.6) is 5.75 Å². The molecule has 2 aromatic heterocycles. The van der Waals surface area contributed by atoms with Crippen LogP contribution in [0.25, 0.3) is 16.9 Å². The summed E-state index contributed by atoms with van der Waals surface area (Å²) in [7, 11) is 0. The second-order valence-corrected chi connectivity index (χ2v) is 9.85. The number of benzene rings is 2. The van der Waals surface area contributed by atoms with Crippen molar-refractivity contribution in [3.05, 3.63) is 88.7 Å². The van der Waals surface area contributed by atoms with Crippen molar-refractivity contribution in [2.24, 2.45) is 11.7 Å². The smallest absolute Gasteiger partial charge is 0.163 e. The van der Waals surface area contributed by atoms with E-state index in [1.807, 2.05) is 54.9 Å². The lowest BCUT2D eigenvalue weighted by Gasteiger charge is -2.15. The van der Waals surface area contributed by atoms with E-state index in [1.54, 1.807) is 25.1 Å². The lowest BCUT2D eigenvalue weighted by Crippen LogP contribution is -2.20. The number of aromatic nitrogens is 2. The number of fused-ring (bicyclic) bond motifs is 1. The van der Waals surface area contributed by atoms with Gasteiger partial charge in [0.25, 0.3) is 0 Å². The fraction of sp³-hybridized carbons (Fsp3) is 0.310. The molecule has 2 atom stereocenters. The summed E-state index contributed by atoms with van der Waals surface area (Å²) < 4.78 is 7.58. The second kappa shape index (κ2) is 11.2. The first-order valence-electron chi connectivity index (χ1n) is 12.2. The number of imidazole rings is 1. The number of nitrogens with zero attached hydrogens (tertiary/aromatic N) is 2. The second-order valence-electron chi connectivity index (χ2n) is 9.44. The first-order valence-corrected chi connectivity index (χ1v) is 12.6. The molecule has 188 valence electrons. The Morgan fingerprint density at radius 1 is 1.14 bits per heavy atom. The molecule has 4 rings (SSSR count). The first-order chi connectivity index (χ1) is 17.2. The largest absolute Gasteiger partial charge is 0.489 e. The van der Waals surface area contributed by atoms with Gasteiger partial charge in [-0.05, 0) is 69.5 Å². The Bertz CT molecular complexity index is 1350. The van der Waals surface area contributed by atoms with E-state index in [0.29, 0.717) is 35.7 Å². The fourth-order valence-corrected chi connectivity index (χ4v) is 4.51. The number of pyridine rings is 1. The summed E-state index contributed by atoms with van der Waals surface area (Å²) in [4.78, 5) is 17.6. The third kappa shape index (κ3) is 5.95. The number of hydrogen-bond acceptors (Lipinski definition) is 5. The Balaban J connectivity index is 1.44. The molecule has 0 bridgehead atoms. The van der Waals surface area contributed by atoms with Crippen molar-refractivity contribution < 1.29 is 14.6 Å². The van der Waals surface area contributed by atoms with Crippen LogP contribution in [0.3, 0.4) is 0 Å². The standard InChI is InChI=1S/C29H32ClN3O3/c1-18(2)36-28-11-10-23(15-25(28)30)27(35)14-21(16-31)13-20-6-8-22(9-7-20)26-17-33-12-4-5-24(19(3)34)29(33)32-26/h4-12,15,17-19,21,34H,13-14,16,31H2,1-3H3/t19?,21-/m1/s1. The highest BCUT2D eigenvalue weighted by Crippen LogP contribution is 2.28. The molecule has 0 radical (unpaired) electrons. The highest BCUT2D eigenvalue weighted by molar-refractivity contribution is 6.32. The van der Waals surface area contributed by atoms with E-state index in [2.05, 4.69) is 12.1 Å². The van der Waals surface area contributed by atoms with E-state index in [4.69, 9.17) is 27.1 Å². The zero-order valence-electron chi connectivity index (χ0n) is 20.8. The SMILES string of the molecule is CC(C)Oc1ccc(C(=O)C[C@H](CN)Cc2ccc(-c3cn4cccc(C(C)O)c4n3)cc2)cc1Cl. The van der Waals surface area contributed by atoms with Crippen LogP contribution in [-0.2, 0) is 6.42 Å². The van der Waals surface area contributed by atoms with E-state index in [-0.39, 0.29) is 17.8 Å². The van der Waals surface area contributed by atoms with Crippen molar-refractivity contribution in [1.29, 1.82) is 0 Å². The number of aliphatic hydroxyl groups excluding tert-OH is 1. The third-order valence-electron chi connectivity index (χ3n) is 6.16. The van der Waals surface area contributed by atoms with Crippen LogP contribution < -0.4 is 10.5 Å². The van der Waals surface area contributed by atoms with Crippen LogP contribution in [0.15, 0.2) is 67.0 Å². The van der Waals surface area contributed by atoms with Crippen LogP contribution in [0, 0.1) is 5.92 Å². The molecule has 1 unspecified atom stereocenters. The minimum absolute atomic E-state index is 0.00600. The van der Waals surface area contributed by atoms with Gasteiger partial charge in [0.15, 0.2) is 5.78 Å². The van der Waals surface area contributed by atoms with Gasteiger partial charge in [-0.2, -0.15) is 0 Å². The van der Waals surface area contributed by atoms with Gasteiger partial charge in [-0.15, -0.1) is 0 Å². The van der Waals surface area contributed by atoms with Crippen molar-refractivity contribution in [1.82, 2.24) is 9.38 Å². The molecule has 0 saturated carbocycles. The molecule has 6 nitrogen and oxygen atoms in total. The Labute approximate surface area is 216 Å². The van der Waals surface area contributed by atoms with Crippen molar-refractivity contribution >= 4 is 23.0 Å². The zero-order chi connectivity index (χ0) is 25.8. The number of aliphatic hydroxyl groups is 1. The van der Waals surface area contributed by atoms with E-state index in [9.17, 15) is 9.90 Å². The Hall–Kier alpha value is -3.19. The Morgan fingerprint density at radius 2 is 1.89 bits per heavy atom. The van der Waals surface area contributed by atoms with Crippen molar-refractivity contribution in [3.63, 3.8) is 0 Å². The molecule has 0 spiro atoms. The summed E-state index contributed by atoms with van der Waals surface area (Å²) in [5.41, 5.74) is 11.1. The topological polar surface area (TPSA) is 89.9 Å². The number of carbonyl (C=O) groups is 1. The van der Waals surface area contributed by atoms with Crippen LogP contribution >= 0.6 is 11.6 Å². The summed E-state index contributed by atoms with van der Waals surface area (Å²) >= 11 is 6.31. The van der Waals surface area contributed by atoms with E-state index >= 15 is 0 Å². The monoisotopic (exact) mass is 505 g/mol. The molecule has 0 fully saturated rings. The summed E-state index contributed by atoms with van der Waals surface area (Å²) in [6, 6.07) is 17.1. The molecular weight excluding hydrogens is 474 g/mol. The first kappa shape index (κ1) is 25.9. The van der Waals surface area contributed by atoms with Gasteiger partial charge in [0.05, 0.1) is 22.9 Å². The summed E-state index contributed by atoms with van der Waals surface area (Å²) in [5.74, 6) is 0.600. The van der Waals surface area contributed by atoms with Gasteiger partial charge in [0.2, 0.25) is 0 Å². The molecule has 0 aliphatic carbocycles. The number of carbonyl (C=O) groups excluding carboxylic acids is 1. The average molecular weight is 506 g/mol. The van der Waals surface area contributed by atoms with Gasteiger partial charge in [-0.3, -0.25) is 4.79 Å². The highest BCUT2D eigenvalue weighted by atomic mass is 35.5.